The predicted molar refractivity (Wildman–Crippen MR) is 87.9 cm³/mol. The molecule has 0 spiro atoms. The highest BCUT2D eigenvalue weighted by atomic mass is 35.5. The lowest BCUT2D eigenvalue weighted by molar-refractivity contribution is -0.120. The van der Waals surface area contributed by atoms with Gasteiger partial charge in [-0.05, 0) is 30.5 Å². The molecule has 0 aliphatic heterocycles. The van der Waals surface area contributed by atoms with Crippen LogP contribution in [0.2, 0.25) is 10.0 Å². The van der Waals surface area contributed by atoms with Crippen LogP contribution < -0.4 is 11.1 Å². The van der Waals surface area contributed by atoms with Gasteiger partial charge in [-0.3, -0.25) is 4.79 Å². The minimum absolute atomic E-state index is 0. The zero-order valence-electron chi connectivity index (χ0n) is 11.7. The fourth-order valence-electron chi connectivity index (χ4n) is 1.68. The molecule has 1 amide bonds. The van der Waals surface area contributed by atoms with Crippen molar-refractivity contribution in [3.05, 3.63) is 33.8 Å². The zero-order chi connectivity index (χ0) is 14.5. The standard InChI is InChI=1S/C14H20Cl2N2O.ClH/c1-3-14(17,4-2)9-18-13(19)7-10-5-6-11(15)8-12(10)16;/h5-6,8H,3-4,7,9,17H2,1-2H3,(H,18,19);1H. The van der Waals surface area contributed by atoms with E-state index in [4.69, 9.17) is 28.9 Å². The third-order valence-electron chi connectivity index (χ3n) is 3.41. The molecule has 0 saturated carbocycles. The number of hydrogen-bond donors (Lipinski definition) is 2. The van der Waals surface area contributed by atoms with E-state index < -0.39 is 0 Å². The van der Waals surface area contributed by atoms with E-state index in [1.54, 1.807) is 18.2 Å². The van der Waals surface area contributed by atoms with Crippen molar-refractivity contribution in [3.8, 4) is 0 Å². The predicted octanol–water partition coefficient (Wildman–Crippen LogP) is 3.59. The maximum absolute atomic E-state index is 11.9. The molecule has 1 aromatic rings. The Labute approximate surface area is 136 Å². The largest absolute Gasteiger partial charge is 0.354 e. The third kappa shape index (κ3) is 5.88. The molecule has 3 N–H and O–H groups in total. The molecule has 0 radical (unpaired) electrons. The molecular formula is C14H21Cl3N2O. The summed E-state index contributed by atoms with van der Waals surface area (Å²) in [4.78, 5) is 11.9. The van der Waals surface area contributed by atoms with Crippen LogP contribution in [-0.2, 0) is 11.2 Å². The van der Waals surface area contributed by atoms with Gasteiger partial charge in [0.15, 0.2) is 0 Å². The van der Waals surface area contributed by atoms with Crippen LogP contribution >= 0.6 is 35.6 Å². The van der Waals surface area contributed by atoms with E-state index in [0.29, 0.717) is 16.6 Å². The molecule has 0 saturated heterocycles. The van der Waals surface area contributed by atoms with Crippen LogP contribution in [-0.4, -0.2) is 18.0 Å². The van der Waals surface area contributed by atoms with Crippen LogP contribution in [0.25, 0.3) is 0 Å². The van der Waals surface area contributed by atoms with Gasteiger partial charge in [-0.2, -0.15) is 0 Å². The van der Waals surface area contributed by atoms with Crippen LogP contribution in [0.3, 0.4) is 0 Å². The average molecular weight is 340 g/mol. The summed E-state index contributed by atoms with van der Waals surface area (Å²) in [6.07, 6.45) is 1.89. The van der Waals surface area contributed by atoms with E-state index in [0.717, 1.165) is 18.4 Å². The Morgan fingerprint density at radius 3 is 2.40 bits per heavy atom. The SMILES string of the molecule is CCC(N)(CC)CNC(=O)Cc1ccc(Cl)cc1Cl.Cl. The Morgan fingerprint density at radius 2 is 1.90 bits per heavy atom. The van der Waals surface area contributed by atoms with Crippen LogP contribution in [0, 0.1) is 0 Å². The number of hydrogen-bond acceptors (Lipinski definition) is 2. The first-order valence-electron chi connectivity index (χ1n) is 6.39. The second-order valence-corrected chi connectivity index (χ2v) is 5.60. The quantitative estimate of drug-likeness (QED) is 0.832. The van der Waals surface area contributed by atoms with Crippen LogP contribution in [0.5, 0.6) is 0 Å². The summed E-state index contributed by atoms with van der Waals surface area (Å²) >= 11 is 11.8. The Morgan fingerprint density at radius 1 is 1.30 bits per heavy atom. The first kappa shape index (κ1) is 19.5. The van der Waals surface area contributed by atoms with Crippen molar-refractivity contribution in [1.82, 2.24) is 5.32 Å². The summed E-state index contributed by atoms with van der Waals surface area (Å²) < 4.78 is 0. The highest BCUT2D eigenvalue weighted by Crippen LogP contribution is 2.21. The van der Waals surface area contributed by atoms with E-state index in [2.05, 4.69) is 5.32 Å². The van der Waals surface area contributed by atoms with E-state index in [1.165, 1.54) is 0 Å². The molecule has 0 atom stereocenters. The van der Waals surface area contributed by atoms with Gasteiger partial charge in [0.2, 0.25) is 5.91 Å². The van der Waals surface area contributed by atoms with Gasteiger partial charge in [-0.1, -0.05) is 43.1 Å². The van der Waals surface area contributed by atoms with Crippen molar-refractivity contribution in [3.63, 3.8) is 0 Å². The molecule has 0 unspecified atom stereocenters. The highest BCUT2D eigenvalue weighted by Gasteiger charge is 2.21. The number of carbonyl (C=O) groups excluding carboxylic acids is 1. The summed E-state index contributed by atoms with van der Waals surface area (Å²) in [7, 11) is 0. The first-order chi connectivity index (χ1) is 8.90. The smallest absolute Gasteiger partial charge is 0.224 e. The fraction of sp³-hybridized carbons (Fsp3) is 0.500. The van der Waals surface area contributed by atoms with Gasteiger partial charge >= 0.3 is 0 Å². The highest BCUT2D eigenvalue weighted by molar-refractivity contribution is 6.35. The van der Waals surface area contributed by atoms with Gasteiger partial charge in [-0.25, -0.2) is 0 Å². The molecule has 0 fully saturated rings. The number of rotatable bonds is 6. The molecule has 0 aliphatic rings. The van der Waals surface area contributed by atoms with Gasteiger partial charge in [0.25, 0.3) is 0 Å². The van der Waals surface area contributed by atoms with Gasteiger partial charge in [0.05, 0.1) is 6.42 Å². The second kappa shape index (κ2) is 8.73. The van der Waals surface area contributed by atoms with E-state index in [-0.39, 0.29) is 30.3 Å². The molecule has 114 valence electrons. The normalized spacial score (nSPS) is 10.8. The minimum Gasteiger partial charge on any atom is -0.354 e. The van der Waals surface area contributed by atoms with Gasteiger partial charge in [0, 0.05) is 22.1 Å². The van der Waals surface area contributed by atoms with Crippen molar-refractivity contribution in [1.29, 1.82) is 0 Å². The lowest BCUT2D eigenvalue weighted by atomic mass is 9.94. The number of amides is 1. The van der Waals surface area contributed by atoms with Crippen LogP contribution in [0.1, 0.15) is 32.3 Å². The molecule has 3 nitrogen and oxygen atoms in total. The molecule has 1 aromatic carbocycles. The van der Waals surface area contributed by atoms with Crippen LogP contribution in [0.4, 0.5) is 0 Å². The van der Waals surface area contributed by atoms with Crippen molar-refractivity contribution in [2.75, 3.05) is 6.54 Å². The third-order valence-corrected chi connectivity index (χ3v) is 4.00. The number of nitrogens with one attached hydrogen (secondary N) is 1. The lowest BCUT2D eigenvalue weighted by Gasteiger charge is -2.26. The Bertz CT molecular complexity index is 448. The molecule has 0 heterocycles. The van der Waals surface area contributed by atoms with Crippen molar-refractivity contribution >= 4 is 41.5 Å². The summed E-state index contributed by atoms with van der Waals surface area (Å²) in [5.74, 6) is -0.0825. The van der Waals surface area contributed by atoms with Crippen molar-refractivity contribution < 1.29 is 4.79 Å². The number of halogens is 3. The fourth-order valence-corrected chi connectivity index (χ4v) is 2.15. The van der Waals surface area contributed by atoms with Crippen LogP contribution in [0.15, 0.2) is 18.2 Å². The van der Waals surface area contributed by atoms with E-state index in [9.17, 15) is 4.79 Å². The van der Waals surface area contributed by atoms with Crippen molar-refractivity contribution in [2.45, 2.75) is 38.6 Å². The zero-order valence-corrected chi connectivity index (χ0v) is 14.0. The Kier molecular flexibility index (Phi) is 8.52. The second-order valence-electron chi connectivity index (χ2n) is 4.76. The lowest BCUT2D eigenvalue weighted by Crippen LogP contribution is -2.49. The first-order valence-corrected chi connectivity index (χ1v) is 7.15. The molecular weight excluding hydrogens is 319 g/mol. The summed E-state index contributed by atoms with van der Waals surface area (Å²) in [5, 5.41) is 3.93. The maximum Gasteiger partial charge on any atom is 0.224 e. The monoisotopic (exact) mass is 338 g/mol. The number of benzene rings is 1. The topological polar surface area (TPSA) is 55.1 Å². The van der Waals surface area contributed by atoms with E-state index >= 15 is 0 Å². The van der Waals surface area contributed by atoms with Gasteiger partial charge in [0.1, 0.15) is 0 Å². The molecule has 6 heteroatoms. The molecule has 0 aromatic heterocycles. The minimum atomic E-state index is -0.334. The Balaban J connectivity index is 0.00000361. The summed E-state index contributed by atoms with van der Waals surface area (Å²) in [5.41, 5.74) is 6.56. The van der Waals surface area contributed by atoms with Gasteiger partial charge < -0.3 is 11.1 Å². The summed E-state index contributed by atoms with van der Waals surface area (Å²) in [6.45, 7) is 4.52. The molecule has 0 bridgehead atoms. The summed E-state index contributed by atoms with van der Waals surface area (Å²) in [6, 6.07) is 5.12. The maximum atomic E-state index is 11.9. The molecule has 0 aliphatic carbocycles. The Hall–Kier alpha value is -0.480. The molecule has 1 rings (SSSR count). The number of nitrogens with two attached hydrogens (primary N) is 1. The molecule has 20 heavy (non-hydrogen) atoms. The van der Waals surface area contributed by atoms with Gasteiger partial charge in [-0.15, -0.1) is 12.4 Å². The number of carbonyl (C=O) groups is 1. The van der Waals surface area contributed by atoms with E-state index in [1.807, 2.05) is 13.8 Å². The average Bonchev–Trinajstić information content (AvgIpc) is 2.39. The van der Waals surface area contributed by atoms with Crippen molar-refractivity contribution in [2.24, 2.45) is 5.73 Å².